The van der Waals surface area contributed by atoms with Crippen LogP contribution in [0, 0.1) is 5.92 Å². The minimum atomic E-state index is -0.207. The van der Waals surface area contributed by atoms with Crippen LogP contribution in [0.2, 0.25) is 5.02 Å². The zero-order valence-corrected chi connectivity index (χ0v) is 13.2. The third kappa shape index (κ3) is 5.02. The van der Waals surface area contributed by atoms with Crippen LogP contribution >= 0.6 is 11.6 Å². The molecule has 112 valence electrons. The first-order valence-electron chi connectivity index (χ1n) is 6.78. The van der Waals surface area contributed by atoms with E-state index in [1.165, 1.54) is 0 Å². The third-order valence-corrected chi connectivity index (χ3v) is 3.44. The van der Waals surface area contributed by atoms with E-state index in [-0.39, 0.29) is 24.6 Å². The van der Waals surface area contributed by atoms with Crippen LogP contribution in [0.5, 0.6) is 5.75 Å². The molecule has 0 spiro atoms. The average molecular weight is 299 g/mol. The number of ether oxygens (including phenoxy) is 1. The summed E-state index contributed by atoms with van der Waals surface area (Å²) < 4.78 is 5.55. The van der Waals surface area contributed by atoms with Gasteiger partial charge in [-0.05, 0) is 38.0 Å². The predicted octanol–water partition coefficient (Wildman–Crippen LogP) is 2.90. The van der Waals surface area contributed by atoms with Crippen LogP contribution in [-0.4, -0.2) is 18.6 Å². The lowest BCUT2D eigenvalue weighted by molar-refractivity contribution is -0.124. The first-order chi connectivity index (χ1) is 9.31. The van der Waals surface area contributed by atoms with Gasteiger partial charge in [0.25, 0.3) is 5.91 Å². The largest absolute Gasteiger partial charge is 0.483 e. The zero-order chi connectivity index (χ0) is 15.3. The highest BCUT2D eigenvalue weighted by Crippen LogP contribution is 2.27. The molecule has 20 heavy (non-hydrogen) atoms. The van der Waals surface area contributed by atoms with Crippen molar-refractivity contribution in [3.05, 3.63) is 28.8 Å². The number of halogens is 1. The van der Waals surface area contributed by atoms with Crippen LogP contribution in [0.25, 0.3) is 0 Å². The summed E-state index contributed by atoms with van der Waals surface area (Å²) in [5.41, 5.74) is 6.66. The van der Waals surface area contributed by atoms with Crippen LogP contribution in [0.1, 0.15) is 39.3 Å². The summed E-state index contributed by atoms with van der Waals surface area (Å²) in [4.78, 5) is 11.8. The molecule has 0 heterocycles. The van der Waals surface area contributed by atoms with Crippen LogP contribution < -0.4 is 15.8 Å². The molecule has 1 rings (SSSR count). The van der Waals surface area contributed by atoms with Gasteiger partial charge in [-0.3, -0.25) is 4.79 Å². The lowest BCUT2D eigenvalue weighted by Crippen LogP contribution is -2.39. The maximum absolute atomic E-state index is 11.8. The molecule has 2 atom stereocenters. The highest BCUT2D eigenvalue weighted by Gasteiger charge is 2.13. The van der Waals surface area contributed by atoms with Crippen molar-refractivity contribution in [2.24, 2.45) is 11.7 Å². The van der Waals surface area contributed by atoms with E-state index in [0.717, 1.165) is 5.56 Å². The van der Waals surface area contributed by atoms with Gasteiger partial charge in [0.1, 0.15) is 5.75 Å². The lowest BCUT2D eigenvalue weighted by Gasteiger charge is -2.18. The Hall–Kier alpha value is -1.26. The number of nitrogens with two attached hydrogens (primary N) is 1. The van der Waals surface area contributed by atoms with Crippen LogP contribution in [0.3, 0.4) is 0 Å². The molecule has 0 aromatic heterocycles. The third-order valence-electron chi connectivity index (χ3n) is 3.21. The Kier molecular flexibility index (Phi) is 6.30. The van der Waals surface area contributed by atoms with Gasteiger partial charge in [0.15, 0.2) is 6.61 Å². The van der Waals surface area contributed by atoms with Gasteiger partial charge in [-0.1, -0.05) is 25.4 Å². The van der Waals surface area contributed by atoms with Gasteiger partial charge < -0.3 is 15.8 Å². The molecular formula is C15H23ClN2O2. The van der Waals surface area contributed by atoms with E-state index in [4.69, 9.17) is 22.1 Å². The van der Waals surface area contributed by atoms with Crippen molar-refractivity contribution in [2.75, 3.05) is 6.61 Å². The lowest BCUT2D eigenvalue weighted by atomic mass is 10.1. The highest BCUT2D eigenvalue weighted by molar-refractivity contribution is 6.30. The average Bonchev–Trinajstić information content (AvgIpc) is 2.36. The smallest absolute Gasteiger partial charge is 0.258 e. The second kappa shape index (κ2) is 7.50. The van der Waals surface area contributed by atoms with Crippen LogP contribution in [-0.2, 0) is 4.79 Å². The number of hydrogen-bond donors (Lipinski definition) is 2. The molecule has 0 aliphatic carbocycles. The van der Waals surface area contributed by atoms with Gasteiger partial charge >= 0.3 is 0 Å². The summed E-state index contributed by atoms with van der Waals surface area (Å²) in [6.45, 7) is 7.90. The van der Waals surface area contributed by atoms with Crippen LogP contribution in [0.15, 0.2) is 18.2 Å². The Morgan fingerprint density at radius 1 is 1.35 bits per heavy atom. The van der Waals surface area contributed by atoms with E-state index in [1.54, 1.807) is 18.2 Å². The van der Waals surface area contributed by atoms with Gasteiger partial charge in [0, 0.05) is 22.7 Å². The van der Waals surface area contributed by atoms with Crippen molar-refractivity contribution in [3.8, 4) is 5.75 Å². The standard InChI is InChI=1S/C15H23ClN2O2/c1-9(2)11(4)18-15(19)8-20-14-6-5-12(16)7-13(14)10(3)17/h5-7,9-11H,8,17H2,1-4H3,(H,18,19)/t10-,11?/m1/s1. The molecule has 0 saturated heterocycles. The highest BCUT2D eigenvalue weighted by atomic mass is 35.5. The van der Waals surface area contributed by atoms with Gasteiger partial charge in [-0.15, -0.1) is 0 Å². The molecule has 4 nitrogen and oxygen atoms in total. The minimum absolute atomic E-state index is 0.0294. The molecule has 5 heteroatoms. The van der Waals surface area contributed by atoms with Crippen molar-refractivity contribution in [1.29, 1.82) is 0 Å². The number of carbonyl (C=O) groups is 1. The maximum Gasteiger partial charge on any atom is 0.258 e. The van der Waals surface area contributed by atoms with E-state index < -0.39 is 0 Å². The first kappa shape index (κ1) is 16.8. The monoisotopic (exact) mass is 298 g/mol. The fraction of sp³-hybridized carbons (Fsp3) is 0.533. The van der Waals surface area contributed by atoms with E-state index in [2.05, 4.69) is 19.2 Å². The molecule has 0 saturated carbocycles. The summed E-state index contributed by atoms with van der Waals surface area (Å²) in [5, 5.41) is 3.49. The Bertz CT molecular complexity index is 461. The second-order valence-corrected chi connectivity index (χ2v) is 5.80. The molecule has 0 aliphatic heterocycles. The molecule has 0 radical (unpaired) electrons. The Morgan fingerprint density at radius 2 is 2.00 bits per heavy atom. The Labute approximate surface area is 125 Å². The normalized spacial score (nSPS) is 13.9. The van der Waals surface area contributed by atoms with Crippen LogP contribution in [0.4, 0.5) is 0 Å². The van der Waals surface area contributed by atoms with Gasteiger partial charge in [0.2, 0.25) is 0 Å². The molecule has 1 aromatic rings. The van der Waals surface area contributed by atoms with Crippen molar-refractivity contribution in [2.45, 2.75) is 39.8 Å². The molecule has 1 amide bonds. The van der Waals surface area contributed by atoms with E-state index in [1.807, 2.05) is 13.8 Å². The topological polar surface area (TPSA) is 64.3 Å². The van der Waals surface area contributed by atoms with Crippen molar-refractivity contribution in [3.63, 3.8) is 0 Å². The Balaban J connectivity index is 2.64. The summed E-state index contributed by atoms with van der Waals surface area (Å²) in [5.74, 6) is 0.836. The van der Waals surface area contributed by atoms with Crippen molar-refractivity contribution >= 4 is 17.5 Å². The number of amides is 1. The molecule has 0 bridgehead atoms. The molecule has 0 aliphatic rings. The first-order valence-corrected chi connectivity index (χ1v) is 7.16. The summed E-state index contributed by atoms with van der Waals surface area (Å²) >= 11 is 5.94. The van der Waals surface area contributed by atoms with E-state index >= 15 is 0 Å². The molecule has 1 unspecified atom stereocenters. The van der Waals surface area contributed by atoms with Crippen molar-refractivity contribution < 1.29 is 9.53 Å². The fourth-order valence-electron chi connectivity index (χ4n) is 1.61. The fourth-order valence-corrected chi connectivity index (χ4v) is 1.79. The zero-order valence-electron chi connectivity index (χ0n) is 12.4. The second-order valence-electron chi connectivity index (χ2n) is 5.36. The summed E-state index contributed by atoms with van der Waals surface area (Å²) in [7, 11) is 0. The number of nitrogens with one attached hydrogen (secondary N) is 1. The summed E-state index contributed by atoms with van der Waals surface area (Å²) in [6, 6.07) is 5.12. The Morgan fingerprint density at radius 3 is 2.55 bits per heavy atom. The van der Waals surface area contributed by atoms with E-state index in [0.29, 0.717) is 16.7 Å². The molecule has 1 aromatic carbocycles. The number of benzene rings is 1. The number of hydrogen-bond acceptors (Lipinski definition) is 3. The molecule has 3 N–H and O–H groups in total. The maximum atomic E-state index is 11.8. The predicted molar refractivity (Wildman–Crippen MR) is 82.0 cm³/mol. The minimum Gasteiger partial charge on any atom is -0.483 e. The van der Waals surface area contributed by atoms with Gasteiger partial charge in [-0.25, -0.2) is 0 Å². The summed E-state index contributed by atoms with van der Waals surface area (Å²) in [6.07, 6.45) is 0. The quantitative estimate of drug-likeness (QED) is 0.849. The molecule has 0 fully saturated rings. The SMILES string of the molecule is CC(C)C(C)NC(=O)COc1ccc(Cl)cc1[C@@H](C)N. The molecular weight excluding hydrogens is 276 g/mol. The van der Waals surface area contributed by atoms with Crippen molar-refractivity contribution in [1.82, 2.24) is 5.32 Å². The number of carbonyl (C=O) groups excluding carboxylic acids is 1. The van der Waals surface area contributed by atoms with E-state index in [9.17, 15) is 4.79 Å². The number of rotatable bonds is 6. The van der Waals surface area contributed by atoms with Gasteiger partial charge in [0.05, 0.1) is 0 Å². The van der Waals surface area contributed by atoms with Gasteiger partial charge in [-0.2, -0.15) is 0 Å².